The lowest BCUT2D eigenvalue weighted by molar-refractivity contribution is 0.419. The Balaban J connectivity index is 2.94. The van der Waals surface area contributed by atoms with Crippen LogP contribution < -0.4 is 10.3 Å². The van der Waals surface area contributed by atoms with Crippen molar-refractivity contribution in [1.82, 2.24) is 9.97 Å². The Kier molecular flexibility index (Phi) is 1.96. The van der Waals surface area contributed by atoms with Crippen molar-refractivity contribution in [2.24, 2.45) is 0 Å². The molecule has 0 amide bonds. The molecule has 1 aromatic carbocycles. The lowest BCUT2D eigenvalue weighted by atomic mass is 10.2. The first-order valence-electron chi connectivity index (χ1n) is 4.26. The predicted molar refractivity (Wildman–Crippen MR) is 53.7 cm³/mol. The van der Waals surface area contributed by atoms with E-state index < -0.39 is 0 Å². The van der Waals surface area contributed by atoms with Crippen LogP contribution in [0.4, 0.5) is 0 Å². The minimum Gasteiger partial charge on any atom is -0.496 e. The number of H-pyrrole nitrogens is 1. The van der Waals surface area contributed by atoms with Gasteiger partial charge in [-0.3, -0.25) is 4.79 Å². The van der Waals surface area contributed by atoms with Crippen molar-refractivity contribution in [3.63, 3.8) is 0 Å². The van der Waals surface area contributed by atoms with Gasteiger partial charge in [-0.05, 0) is 19.1 Å². The van der Waals surface area contributed by atoms with Gasteiger partial charge in [0.2, 0.25) is 0 Å². The summed E-state index contributed by atoms with van der Waals surface area (Å²) >= 11 is 0. The molecule has 0 atom stereocenters. The third kappa shape index (κ3) is 1.25. The Morgan fingerprint density at radius 2 is 2.21 bits per heavy atom. The molecule has 1 heterocycles. The molecular weight excluding hydrogens is 180 g/mol. The van der Waals surface area contributed by atoms with Gasteiger partial charge in [0.1, 0.15) is 17.0 Å². The fourth-order valence-corrected chi connectivity index (χ4v) is 1.45. The van der Waals surface area contributed by atoms with Gasteiger partial charge in [-0.1, -0.05) is 6.07 Å². The highest BCUT2D eigenvalue weighted by Gasteiger charge is 2.06. The average Bonchev–Trinajstić information content (AvgIpc) is 2.16. The lowest BCUT2D eigenvalue weighted by Gasteiger charge is -2.03. The third-order valence-electron chi connectivity index (χ3n) is 2.03. The van der Waals surface area contributed by atoms with E-state index in [4.69, 9.17) is 4.74 Å². The van der Waals surface area contributed by atoms with E-state index >= 15 is 0 Å². The zero-order valence-electron chi connectivity index (χ0n) is 8.00. The SMILES string of the molecule is COc1cccc2nc(C)[nH]c(=O)c12. The number of methoxy groups -OCH3 is 1. The van der Waals surface area contributed by atoms with Gasteiger partial charge in [0.05, 0.1) is 12.6 Å². The number of nitrogens with zero attached hydrogens (tertiary/aromatic N) is 1. The van der Waals surface area contributed by atoms with Crippen LogP contribution >= 0.6 is 0 Å². The quantitative estimate of drug-likeness (QED) is 0.736. The number of rotatable bonds is 1. The standard InChI is InChI=1S/C10H10N2O2/c1-6-11-7-4-3-5-8(14-2)9(7)10(13)12-6/h3-5H,1-2H3,(H,11,12,13). The second kappa shape index (κ2) is 3.14. The first-order valence-corrected chi connectivity index (χ1v) is 4.26. The van der Waals surface area contributed by atoms with Gasteiger partial charge in [0, 0.05) is 0 Å². The summed E-state index contributed by atoms with van der Waals surface area (Å²) in [5.41, 5.74) is 0.496. The first kappa shape index (κ1) is 8.74. The van der Waals surface area contributed by atoms with Crippen molar-refractivity contribution in [2.75, 3.05) is 7.11 Å². The molecule has 0 aliphatic rings. The normalized spacial score (nSPS) is 10.4. The number of aromatic amines is 1. The highest BCUT2D eigenvalue weighted by molar-refractivity contribution is 5.84. The number of hydrogen-bond acceptors (Lipinski definition) is 3. The number of fused-ring (bicyclic) bond motifs is 1. The zero-order chi connectivity index (χ0) is 10.1. The van der Waals surface area contributed by atoms with Crippen LogP contribution in [0.1, 0.15) is 5.82 Å². The summed E-state index contributed by atoms with van der Waals surface area (Å²) in [7, 11) is 1.54. The minimum absolute atomic E-state index is 0.162. The fourth-order valence-electron chi connectivity index (χ4n) is 1.45. The smallest absolute Gasteiger partial charge is 0.262 e. The molecular formula is C10H10N2O2. The van der Waals surface area contributed by atoms with Crippen LogP contribution in [0.2, 0.25) is 0 Å². The summed E-state index contributed by atoms with van der Waals surface area (Å²) in [6.45, 7) is 1.75. The van der Waals surface area contributed by atoms with Gasteiger partial charge in [-0.2, -0.15) is 0 Å². The summed E-state index contributed by atoms with van der Waals surface area (Å²) in [5.74, 6) is 1.16. The van der Waals surface area contributed by atoms with Gasteiger partial charge in [0.25, 0.3) is 5.56 Å². The van der Waals surface area contributed by atoms with Crippen LogP contribution in [0, 0.1) is 6.92 Å². The van der Waals surface area contributed by atoms with Gasteiger partial charge >= 0.3 is 0 Å². The van der Waals surface area contributed by atoms with Crippen LogP contribution in [0.25, 0.3) is 10.9 Å². The summed E-state index contributed by atoms with van der Waals surface area (Å²) < 4.78 is 5.09. The van der Waals surface area contributed by atoms with E-state index in [9.17, 15) is 4.79 Å². The molecule has 4 nitrogen and oxygen atoms in total. The molecule has 0 unspecified atom stereocenters. The van der Waals surface area contributed by atoms with Gasteiger partial charge in [0.15, 0.2) is 0 Å². The fraction of sp³-hybridized carbons (Fsp3) is 0.200. The molecule has 0 bridgehead atoms. The lowest BCUT2D eigenvalue weighted by Crippen LogP contribution is -2.10. The number of hydrogen-bond donors (Lipinski definition) is 1. The third-order valence-corrected chi connectivity index (χ3v) is 2.03. The molecule has 0 aliphatic heterocycles. The Morgan fingerprint density at radius 3 is 2.93 bits per heavy atom. The second-order valence-corrected chi connectivity index (χ2v) is 3.01. The number of benzene rings is 1. The van der Waals surface area contributed by atoms with Crippen molar-refractivity contribution in [2.45, 2.75) is 6.92 Å². The minimum atomic E-state index is -0.162. The molecule has 1 aromatic heterocycles. The molecule has 1 N–H and O–H groups in total. The topological polar surface area (TPSA) is 55.0 Å². The van der Waals surface area contributed by atoms with E-state index in [1.807, 2.05) is 6.07 Å². The average molecular weight is 190 g/mol. The highest BCUT2D eigenvalue weighted by atomic mass is 16.5. The molecule has 72 valence electrons. The van der Waals surface area contributed by atoms with Crippen LogP contribution in [0.5, 0.6) is 5.75 Å². The van der Waals surface area contributed by atoms with E-state index in [0.29, 0.717) is 22.5 Å². The summed E-state index contributed by atoms with van der Waals surface area (Å²) in [5, 5.41) is 0.501. The predicted octanol–water partition coefficient (Wildman–Crippen LogP) is 1.24. The molecule has 4 heteroatoms. The number of aryl methyl sites for hydroxylation is 1. The maximum absolute atomic E-state index is 11.6. The van der Waals surface area contributed by atoms with Gasteiger partial charge in [-0.25, -0.2) is 4.98 Å². The van der Waals surface area contributed by atoms with Gasteiger partial charge < -0.3 is 9.72 Å². The van der Waals surface area contributed by atoms with Crippen LogP contribution in [0.3, 0.4) is 0 Å². The maximum atomic E-state index is 11.6. The van der Waals surface area contributed by atoms with Gasteiger partial charge in [-0.15, -0.1) is 0 Å². The van der Waals surface area contributed by atoms with Crippen molar-refractivity contribution in [3.05, 3.63) is 34.4 Å². The Hall–Kier alpha value is -1.84. The van der Waals surface area contributed by atoms with Crippen molar-refractivity contribution in [1.29, 1.82) is 0 Å². The largest absolute Gasteiger partial charge is 0.496 e. The zero-order valence-corrected chi connectivity index (χ0v) is 8.00. The maximum Gasteiger partial charge on any atom is 0.262 e. The molecule has 2 rings (SSSR count). The highest BCUT2D eigenvalue weighted by Crippen LogP contribution is 2.19. The molecule has 2 aromatic rings. The monoisotopic (exact) mass is 190 g/mol. The summed E-state index contributed by atoms with van der Waals surface area (Å²) in [4.78, 5) is 18.5. The first-order chi connectivity index (χ1) is 6.72. The summed E-state index contributed by atoms with van der Waals surface area (Å²) in [6.07, 6.45) is 0. The van der Waals surface area contributed by atoms with E-state index in [2.05, 4.69) is 9.97 Å². The number of aromatic nitrogens is 2. The number of ether oxygens (including phenoxy) is 1. The van der Waals surface area contributed by atoms with Crippen LogP contribution in [0.15, 0.2) is 23.0 Å². The molecule has 0 saturated carbocycles. The van der Waals surface area contributed by atoms with E-state index in [-0.39, 0.29) is 5.56 Å². The molecule has 0 saturated heterocycles. The van der Waals surface area contributed by atoms with E-state index in [1.54, 1.807) is 19.1 Å². The Morgan fingerprint density at radius 1 is 1.43 bits per heavy atom. The second-order valence-electron chi connectivity index (χ2n) is 3.01. The molecule has 0 aliphatic carbocycles. The Bertz CT molecular complexity index is 531. The van der Waals surface area contributed by atoms with E-state index in [0.717, 1.165) is 0 Å². The number of nitrogens with one attached hydrogen (secondary N) is 1. The van der Waals surface area contributed by atoms with Crippen LogP contribution in [-0.4, -0.2) is 17.1 Å². The molecule has 0 spiro atoms. The Labute approximate surface area is 80.6 Å². The van der Waals surface area contributed by atoms with E-state index in [1.165, 1.54) is 7.11 Å². The molecule has 0 radical (unpaired) electrons. The van der Waals surface area contributed by atoms with Crippen LogP contribution in [-0.2, 0) is 0 Å². The van der Waals surface area contributed by atoms with Crippen molar-refractivity contribution in [3.8, 4) is 5.75 Å². The van der Waals surface area contributed by atoms with Crippen molar-refractivity contribution >= 4 is 10.9 Å². The molecule has 14 heavy (non-hydrogen) atoms. The molecule has 0 fully saturated rings. The summed E-state index contributed by atoms with van der Waals surface area (Å²) in [6, 6.07) is 5.35. The van der Waals surface area contributed by atoms with Crippen molar-refractivity contribution < 1.29 is 4.74 Å².